The second-order valence-electron chi connectivity index (χ2n) is 2.35. The van der Waals surface area contributed by atoms with Crippen LogP contribution in [0.25, 0.3) is 0 Å². The van der Waals surface area contributed by atoms with E-state index in [2.05, 4.69) is 12.2 Å². The Morgan fingerprint density at radius 1 is 1.38 bits per heavy atom. The zero-order chi connectivity index (χ0) is 5.11. The lowest BCUT2D eigenvalue weighted by molar-refractivity contribution is 0.425. The van der Waals surface area contributed by atoms with E-state index in [-0.39, 0.29) is 17.0 Å². The highest BCUT2D eigenvalue weighted by molar-refractivity contribution is 8.93. The van der Waals surface area contributed by atoms with Crippen molar-refractivity contribution >= 4 is 17.0 Å². The molecule has 1 atom stereocenters. The lowest BCUT2D eigenvalue weighted by atomic mass is 10.1. The van der Waals surface area contributed by atoms with E-state index in [4.69, 9.17) is 0 Å². The predicted octanol–water partition coefficient (Wildman–Crippen LogP) is 1.73. The van der Waals surface area contributed by atoms with Crippen molar-refractivity contribution in [2.24, 2.45) is 0 Å². The summed E-state index contributed by atoms with van der Waals surface area (Å²) in [6.07, 6.45) is 4.18. The molecule has 0 aromatic heterocycles. The van der Waals surface area contributed by atoms with Gasteiger partial charge >= 0.3 is 0 Å². The molecule has 1 nitrogen and oxygen atoms in total. The molecule has 1 aliphatic heterocycles. The fraction of sp³-hybridized carbons (Fsp3) is 1.00. The summed E-state index contributed by atoms with van der Waals surface area (Å²) in [6.45, 7) is 3.49. The molecule has 0 radical (unpaired) electrons. The highest BCUT2D eigenvalue weighted by atomic mass is 79.9. The zero-order valence-electron chi connectivity index (χ0n) is 5.31. The fourth-order valence-corrected chi connectivity index (χ4v) is 1.03. The van der Waals surface area contributed by atoms with E-state index in [1.54, 1.807) is 0 Å². The molecule has 1 heterocycles. The number of nitrogens with one attached hydrogen (secondary N) is 1. The molecular weight excluding hydrogens is 166 g/mol. The molecule has 1 saturated heterocycles. The number of hydrogen-bond acceptors (Lipinski definition) is 1. The monoisotopic (exact) mass is 179 g/mol. The Kier molecular flexibility index (Phi) is 4.57. The van der Waals surface area contributed by atoms with Gasteiger partial charge in [0.2, 0.25) is 0 Å². The van der Waals surface area contributed by atoms with Gasteiger partial charge in [-0.2, -0.15) is 0 Å². The van der Waals surface area contributed by atoms with E-state index in [9.17, 15) is 0 Å². The van der Waals surface area contributed by atoms with E-state index in [0.29, 0.717) is 0 Å². The molecule has 0 aromatic rings. The van der Waals surface area contributed by atoms with E-state index in [1.165, 1.54) is 25.8 Å². The Labute approximate surface area is 61.6 Å². The molecule has 0 aromatic carbocycles. The molecule has 1 fully saturated rings. The summed E-state index contributed by atoms with van der Waals surface area (Å²) in [7, 11) is 0. The summed E-state index contributed by atoms with van der Waals surface area (Å²) < 4.78 is 0. The minimum Gasteiger partial charge on any atom is -0.314 e. The molecule has 1 aliphatic rings. The van der Waals surface area contributed by atoms with Crippen LogP contribution in [-0.2, 0) is 0 Å². The van der Waals surface area contributed by atoms with E-state index in [0.717, 1.165) is 6.04 Å². The first kappa shape index (κ1) is 8.44. The van der Waals surface area contributed by atoms with Gasteiger partial charge < -0.3 is 5.32 Å². The van der Waals surface area contributed by atoms with Crippen molar-refractivity contribution in [1.82, 2.24) is 5.32 Å². The normalized spacial score (nSPS) is 28.9. The average Bonchev–Trinajstić information content (AvgIpc) is 1.69. The number of rotatable bonds is 0. The van der Waals surface area contributed by atoms with Gasteiger partial charge in [-0.15, -0.1) is 17.0 Å². The van der Waals surface area contributed by atoms with Gasteiger partial charge in [-0.25, -0.2) is 0 Å². The van der Waals surface area contributed by atoms with Crippen LogP contribution in [-0.4, -0.2) is 12.6 Å². The van der Waals surface area contributed by atoms with Crippen molar-refractivity contribution in [3.63, 3.8) is 0 Å². The van der Waals surface area contributed by atoms with Gasteiger partial charge in [-0.1, -0.05) is 6.42 Å². The SMILES string of the molecule is Br.CC1CCCCN1. The maximum absolute atomic E-state index is 3.38. The minimum atomic E-state index is 0. The van der Waals surface area contributed by atoms with Crippen LogP contribution in [0.5, 0.6) is 0 Å². The second-order valence-corrected chi connectivity index (χ2v) is 2.35. The molecule has 0 spiro atoms. The Morgan fingerprint density at radius 2 is 2.12 bits per heavy atom. The average molecular weight is 180 g/mol. The molecule has 50 valence electrons. The molecule has 0 bridgehead atoms. The summed E-state index contributed by atoms with van der Waals surface area (Å²) in [4.78, 5) is 0. The van der Waals surface area contributed by atoms with Crippen molar-refractivity contribution in [2.45, 2.75) is 32.2 Å². The summed E-state index contributed by atoms with van der Waals surface area (Å²) >= 11 is 0. The van der Waals surface area contributed by atoms with Crippen molar-refractivity contribution in [3.05, 3.63) is 0 Å². The molecule has 0 saturated carbocycles. The van der Waals surface area contributed by atoms with Gasteiger partial charge in [0, 0.05) is 6.04 Å². The molecular formula is C6H14BrN. The van der Waals surface area contributed by atoms with Gasteiger partial charge in [0.15, 0.2) is 0 Å². The lowest BCUT2D eigenvalue weighted by Gasteiger charge is -2.18. The molecule has 1 unspecified atom stereocenters. The van der Waals surface area contributed by atoms with Crippen molar-refractivity contribution in [1.29, 1.82) is 0 Å². The highest BCUT2D eigenvalue weighted by Crippen LogP contribution is 2.04. The first-order valence-electron chi connectivity index (χ1n) is 3.13. The minimum absolute atomic E-state index is 0. The van der Waals surface area contributed by atoms with Crippen LogP contribution in [0.2, 0.25) is 0 Å². The number of hydrogen-bond donors (Lipinski definition) is 1. The summed E-state index contributed by atoms with van der Waals surface area (Å²) in [6, 6.07) is 0.786. The molecule has 0 aliphatic carbocycles. The Balaban J connectivity index is 0.000000490. The van der Waals surface area contributed by atoms with Crippen LogP contribution in [0.3, 0.4) is 0 Å². The standard InChI is InChI=1S/C6H13N.BrH/c1-6-4-2-3-5-7-6;/h6-7H,2-5H2,1H3;1H. The van der Waals surface area contributed by atoms with Crippen molar-refractivity contribution in [3.8, 4) is 0 Å². The Morgan fingerprint density at radius 3 is 2.38 bits per heavy atom. The summed E-state index contributed by atoms with van der Waals surface area (Å²) in [5, 5.41) is 3.38. The quantitative estimate of drug-likeness (QED) is 0.598. The van der Waals surface area contributed by atoms with Crippen molar-refractivity contribution < 1.29 is 0 Å². The molecule has 8 heavy (non-hydrogen) atoms. The third kappa shape index (κ3) is 2.68. The molecule has 1 rings (SSSR count). The van der Waals surface area contributed by atoms with Gasteiger partial charge in [0.05, 0.1) is 0 Å². The first-order valence-corrected chi connectivity index (χ1v) is 3.13. The lowest BCUT2D eigenvalue weighted by Crippen LogP contribution is -2.30. The van der Waals surface area contributed by atoms with Crippen LogP contribution in [0.15, 0.2) is 0 Å². The largest absolute Gasteiger partial charge is 0.314 e. The van der Waals surface area contributed by atoms with E-state index in [1.807, 2.05) is 0 Å². The van der Waals surface area contributed by atoms with Gasteiger partial charge in [-0.05, 0) is 26.3 Å². The van der Waals surface area contributed by atoms with Crippen LogP contribution in [0.4, 0.5) is 0 Å². The number of piperidine rings is 1. The smallest absolute Gasteiger partial charge is 0.00387 e. The Hall–Kier alpha value is 0.440. The zero-order valence-corrected chi connectivity index (χ0v) is 7.03. The Bertz CT molecular complexity index is 50.5. The topological polar surface area (TPSA) is 12.0 Å². The van der Waals surface area contributed by atoms with Crippen LogP contribution < -0.4 is 5.32 Å². The maximum atomic E-state index is 3.38. The van der Waals surface area contributed by atoms with Crippen LogP contribution in [0.1, 0.15) is 26.2 Å². The van der Waals surface area contributed by atoms with Crippen molar-refractivity contribution in [2.75, 3.05) is 6.54 Å². The highest BCUT2D eigenvalue weighted by Gasteiger charge is 2.04. The summed E-state index contributed by atoms with van der Waals surface area (Å²) in [5.74, 6) is 0. The van der Waals surface area contributed by atoms with Gasteiger partial charge in [0.1, 0.15) is 0 Å². The van der Waals surface area contributed by atoms with Crippen LogP contribution in [0, 0.1) is 0 Å². The third-order valence-corrected chi connectivity index (χ3v) is 1.56. The first-order chi connectivity index (χ1) is 3.39. The third-order valence-electron chi connectivity index (χ3n) is 1.56. The number of halogens is 1. The second kappa shape index (κ2) is 4.33. The maximum Gasteiger partial charge on any atom is 0.00387 e. The van der Waals surface area contributed by atoms with E-state index < -0.39 is 0 Å². The van der Waals surface area contributed by atoms with Gasteiger partial charge in [0.25, 0.3) is 0 Å². The molecule has 2 heteroatoms. The predicted molar refractivity (Wildman–Crippen MR) is 41.6 cm³/mol. The molecule has 1 N–H and O–H groups in total. The summed E-state index contributed by atoms with van der Waals surface area (Å²) in [5.41, 5.74) is 0. The van der Waals surface area contributed by atoms with E-state index >= 15 is 0 Å². The fourth-order valence-electron chi connectivity index (χ4n) is 1.03. The van der Waals surface area contributed by atoms with Crippen LogP contribution >= 0.6 is 17.0 Å². The van der Waals surface area contributed by atoms with Gasteiger partial charge in [-0.3, -0.25) is 0 Å². The molecule has 0 amide bonds.